The Balaban J connectivity index is 1.13. The van der Waals surface area contributed by atoms with E-state index in [9.17, 15) is 9.90 Å². The third-order valence-electron chi connectivity index (χ3n) is 9.02. The third-order valence-corrected chi connectivity index (χ3v) is 9.47. The van der Waals surface area contributed by atoms with Crippen molar-refractivity contribution in [3.8, 4) is 11.1 Å². The van der Waals surface area contributed by atoms with Crippen molar-refractivity contribution in [2.24, 2.45) is 7.05 Å². The zero-order valence-electron chi connectivity index (χ0n) is 25.5. The highest BCUT2D eigenvalue weighted by Gasteiger charge is 2.23. The van der Waals surface area contributed by atoms with Gasteiger partial charge in [0.25, 0.3) is 5.91 Å². The minimum atomic E-state index is -0.241. The number of amides is 1. The number of fused-ring (bicyclic) bond motifs is 2. The summed E-state index contributed by atoms with van der Waals surface area (Å²) in [5, 5.41) is 18.0. The van der Waals surface area contributed by atoms with Crippen LogP contribution in [0.25, 0.3) is 22.0 Å². The highest BCUT2D eigenvalue weighted by molar-refractivity contribution is 6.34. The molecule has 5 aromatic rings. The topological polar surface area (TPSA) is 108 Å². The van der Waals surface area contributed by atoms with Crippen LogP contribution >= 0.6 is 11.6 Å². The number of aromatic nitrogens is 4. The maximum atomic E-state index is 13.3. The van der Waals surface area contributed by atoms with Crippen LogP contribution in [-0.4, -0.2) is 61.2 Å². The van der Waals surface area contributed by atoms with Gasteiger partial charge >= 0.3 is 0 Å². The molecule has 9 nitrogen and oxygen atoms in total. The largest absolute Gasteiger partial charge is 0.392 e. The van der Waals surface area contributed by atoms with Gasteiger partial charge in [0, 0.05) is 87.3 Å². The van der Waals surface area contributed by atoms with Gasteiger partial charge in [-0.3, -0.25) is 19.7 Å². The normalized spacial score (nSPS) is 16.7. The molecule has 2 aliphatic heterocycles. The lowest BCUT2D eigenvalue weighted by Gasteiger charge is -2.16. The van der Waals surface area contributed by atoms with Gasteiger partial charge in [-0.1, -0.05) is 41.9 Å². The molecule has 1 saturated heterocycles. The summed E-state index contributed by atoms with van der Waals surface area (Å²) in [4.78, 5) is 29.7. The van der Waals surface area contributed by atoms with Crippen molar-refractivity contribution in [3.63, 3.8) is 0 Å². The van der Waals surface area contributed by atoms with E-state index in [2.05, 4.69) is 31.6 Å². The van der Waals surface area contributed by atoms with E-state index < -0.39 is 0 Å². The van der Waals surface area contributed by atoms with Gasteiger partial charge in [0.2, 0.25) is 0 Å². The molecule has 2 aromatic carbocycles. The molecule has 1 fully saturated rings. The van der Waals surface area contributed by atoms with Gasteiger partial charge in [-0.15, -0.1) is 0 Å². The Kier molecular flexibility index (Phi) is 8.10. The van der Waals surface area contributed by atoms with Gasteiger partial charge in [0.15, 0.2) is 5.82 Å². The summed E-state index contributed by atoms with van der Waals surface area (Å²) in [5.41, 5.74) is 9.31. The fourth-order valence-electron chi connectivity index (χ4n) is 6.60. The van der Waals surface area contributed by atoms with E-state index in [1.165, 1.54) is 0 Å². The first-order chi connectivity index (χ1) is 21.9. The van der Waals surface area contributed by atoms with E-state index in [0.29, 0.717) is 30.4 Å². The molecule has 0 aliphatic carbocycles. The van der Waals surface area contributed by atoms with Gasteiger partial charge in [-0.05, 0) is 53.8 Å². The van der Waals surface area contributed by atoms with Crippen molar-refractivity contribution >= 4 is 34.1 Å². The van der Waals surface area contributed by atoms with E-state index in [-0.39, 0.29) is 12.0 Å². The van der Waals surface area contributed by atoms with Crippen LogP contribution in [0.4, 0.5) is 5.69 Å². The quantitative estimate of drug-likeness (QED) is 0.233. The summed E-state index contributed by atoms with van der Waals surface area (Å²) in [5.74, 6) is 0.175. The number of aliphatic hydroxyl groups excluding tert-OH is 1. The number of nitrogens with one attached hydrogen (secondary N) is 2. The van der Waals surface area contributed by atoms with Crippen LogP contribution in [0, 0.1) is 6.92 Å². The molecule has 3 N–H and O–H groups in total. The monoisotopic (exact) mass is 621 g/mol. The van der Waals surface area contributed by atoms with Crippen molar-refractivity contribution in [2.45, 2.75) is 45.4 Å². The second-order valence-corrected chi connectivity index (χ2v) is 12.4. The molecule has 1 atom stereocenters. The molecule has 230 valence electrons. The number of nitrogens with zero attached hydrogens (tertiary/aromatic N) is 5. The number of aliphatic hydroxyl groups is 1. The summed E-state index contributed by atoms with van der Waals surface area (Å²) in [7, 11) is 1.90. The minimum absolute atomic E-state index is 0.234. The summed E-state index contributed by atoms with van der Waals surface area (Å²) < 4.78 is 1.90. The van der Waals surface area contributed by atoms with Crippen LogP contribution in [0.1, 0.15) is 50.8 Å². The summed E-state index contributed by atoms with van der Waals surface area (Å²) in [6.07, 6.45) is 5.70. The Morgan fingerprint density at radius 2 is 2.00 bits per heavy atom. The molecule has 0 unspecified atom stereocenters. The number of rotatable bonds is 7. The fraction of sp³-hybridized carbons (Fsp3) is 0.314. The maximum absolute atomic E-state index is 13.3. The molecule has 7 rings (SSSR count). The van der Waals surface area contributed by atoms with E-state index in [4.69, 9.17) is 16.6 Å². The highest BCUT2D eigenvalue weighted by Crippen LogP contribution is 2.36. The van der Waals surface area contributed by atoms with E-state index in [1.807, 2.05) is 73.4 Å². The molecule has 5 heterocycles. The Bertz CT molecular complexity index is 1920. The number of halogens is 1. The van der Waals surface area contributed by atoms with E-state index in [0.717, 1.165) is 94.0 Å². The Morgan fingerprint density at radius 3 is 2.82 bits per heavy atom. The molecule has 1 amide bonds. The van der Waals surface area contributed by atoms with Crippen LogP contribution < -0.4 is 10.6 Å². The number of carbonyl (C=O) groups is 1. The molecule has 3 aromatic heterocycles. The van der Waals surface area contributed by atoms with Crippen LogP contribution in [0.5, 0.6) is 0 Å². The Labute approximate surface area is 267 Å². The number of β-amino-alcohol motifs (C(OH)–C–C–N with tert-alkyl or cyclic N) is 1. The Hall–Kier alpha value is -4.15. The number of carbonyl (C=O) groups excluding carboxylic acids is 1. The van der Waals surface area contributed by atoms with Crippen LogP contribution in [0.3, 0.4) is 0 Å². The molecular weight excluding hydrogens is 586 g/mol. The summed E-state index contributed by atoms with van der Waals surface area (Å²) in [6.45, 7) is 5.92. The maximum Gasteiger partial charge on any atom is 0.291 e. The second kappa shape index (κ2) is 12.3. The highest BCUT2D eigenvalue weighted by atomic mass is 35.5. The van der Waals surface area contributed by atoms with Gasteiger partial charge in [-0.25, -0.2) is 4.98 Å². The third kappa shape index (κ3) is 5.84. The number of imidazole rings is 1. The SMILES string of the molecule is Cc1c(NC(=O)c2nc3c(n2C)CCNC3)cccc1-c1cccc(Cc2nccc3cc(CN4CC[C@@H](O)C4)cnc23)c1Cl. The zero-order chi connectivity index (χ0) is 31.1. The van der Waals surface area contributed by atoms with Crippen molar-refractivity contribution in [2.75, 3.05) is 25.0 Å². The average molecular weight is 622 g/mol. The number of anilines is 1. The fourth-order valence-corrected chi connectivity index (χ4v) is 6.89. The smallest absolute Gasteiger partial charge is 0.291 e. The van der Waals surface area contributed by atoms with Gasteiger partial charge in [0.1, 0.15) is 0 Å². The molecule has 10 heteroatoms. The van der Waals surface area contributed by atoms with Gasteiger partial charge in [-0.2, -0.15) is 0 Å². The first kappa shape index (κ1) is 29.6. The van der Waals surface area contributed by atoms with Crippen LogP contribution in [0.2, 0.25) is 5.02 Å². The molecule has 45 heavy (non-hydrogen) atoms. The van der Waals surface area contributed by atoms with E-state index in [1.54, 1.807) is 0 Å². The van der Waals surface area contributed by atoms with Crippen molar-refractivity contribution in [1.82, 2.24) is 29.7 Å². The van der Waals surface area contributed by atoms with Crippen molar-refractivity contribution < 1.29 is 9.90 Å². The molecule has 0 radical (unpaired) electrons. The van der Waals surface area contributed by atoms with Crippen molar-refractivity contribution in [3.05, 3.63) is 106 Å². The standard InChI is InChI=1S/C35H36ClN7O2/c1-21-26(6-4-8-28(21)41-35(45)34-40-30-18-37-12-10-31(30)42(34)2)27-7-3-5-23(32(27)36)16-29-33-24(9-13-38-29)15-22(17-39-33)19-43-14-11-25(44)20-43/h3-9,13,15,17,25,37,44H,10-12,14,16,18-20H2,1-2H3,(H,41,45)/t25-/m1/s1. The number of hydrogen-bond donors (Lipinski definition) is 3. The summed E-state index contributed by atoms with van der Waals surface area (Å²) in [6, 6.07) is 16.1. The molecule has 0 saturated carbocycles. The first-order valence-electron chi connectivity index (χ1n) is 15.4. The number of hydrogen-bond acceptors (Lipinski definition) is 7. The Morgan fingerprint density at radius 1 is 1.16 bits per heavy atom. The molecular formula is C35H36ClN7O2. The molecule has 0 bridgehead atoms. The van der Waals surface area contributed by atoms with Gasteiger partial charge in [0.05, 0.1) is 28.0 Å². The predicted molar refractivity (Wildman–Crippen MR) is 176 cm³/mol. The van der Waals surface area contributed by atoms with Crippen LogP contribution in [0.15, 0.2) is 60.9 Å². The van der Waals surface area contributed by atoms with Crippen molar-refractivity contribution in [1.29, 1.82) is 0 Å². The molecule has 0 spiro atoms. The molecule has 2 aliphatic rings. The number of likely N-dealkylation sites (tertiary alicyclic amines) is 1. The number of benzene rings is 2. The first-order valence-corrected chi connectivity index (χ1v) is 15.8. The minimum Gasteiger partial charge on any atom is -0.392 e. The van der Waals surface area contributed by atoms with Gasteiger partial charge < -0.3 is 20.3 Å². The number of pyridine rings is 2. The lowest BCUT2D eigenvalue weighted by molar-refractivity contribution is 0.101. The zero-order valence-corrected chi connectivity index (χ0v) is 26.2. The van der Waals surface area contributed by atoms with Crippen LogP contribution in [-0.2, 0) is 33.0 Å². The lowest BCUT2D eigenvalue weighted by atomic mass is 9.96. The predicted octanol–water partition coefficient (Wildman–Crippen LogP) is 5.05. The lowest BCUT2D eigenvalue weighted by Crippen LogP contribution is -2.24. The average Bonchev–Trinajstić information content (AvgIpc) is 3.61. The summed E-state index contributed by atoms with van der Waals surface area (Å²) >= 11 is 7.10. The second-order valence-electron chi connectivity index (χ2n) is 12.1. The van der Waals surface area contributed by atoms with E-state index >= 15 is 0 Å².